The number of carbonyl (C=O) groups excluding carboxylic acids is 1. The minimum absolute atomic E-state index is 0.287. The standard InChI is InChI=1S/C40H62O8/c1-8-14-22-43-32-28-31(38(34(29-32)42-7)46-25-17-11-4)20-21-33(41)37-39(47-26-18-12-5)35(44-23-15-9-2)30-36(45-24-16-10-3)40(37)48-27-19-13-6/h20-21,28-30H,8-19,22-27H2,1-7H3. The van der Waals surface area contributed by atoms with Gasteiger partial charge in [-0.05, 0) is 56.7 Å². The molecule has 0 aliphatic heterocycles. The highest BCUT2D eigenvalue weighted by Crippen LogP contribution is 2.46. The quantitative estimate of drug-likeness (QED) is 0.0503. The Balaban J connectivity index is 2.76. The zero-order chi connectivity index (χ0) is 35.0. The van der Waals surface area contributed by atoms with Gasteiger partial charge in [-0.1, -0.05) is 80.1 Å². The molecule has 0 heterocycles. The van der Waals surface area contributed by atoms with Crippen LogP contribution in [-0.4, -0.2) is 52.5 Å². The highest BCUT2D eigenvalue weighted by Gasteiger charge is 2.27. The van der Waals surface area contributed by atoms with Gasteiger partial charge in [0.25, 0.3) is 0 Å². The number of ketones is 1. The van der Waals surface area contributed by atoms with Gasteiger partial charge in [0.15, 0.2) is 40.3 Å². The lowest BCUT2D eigenvalue weighted by atomic mass is 10.0. The molecule has 0 N–H and O–H groups in total. The van der Waals surface area contributed by atoms with Crippen molar-refractivity contribution in [3.63, 3.8) is 0 Å². The first-order chi connectivity index (χ1) is 23.5. The van der Waals surface area contributed by atoms with Crippen molar-refractivity contribution in [2.45, 2.75) is 119 Å². The lowest BCUT2D eigenvalue weighted by Gasteiger charge is -2.22. The minimum Gasteiger partial charge on any atom is -0.493 e. The Hall–Kier alpha value is -3.55. The van der Waals surface area contributed by atoms with Crippen LogP contribution < -0.4 is 33.2 Å². The van der Waals surface area contributed by atoms with Gasteiger partial charge >= 0.3 is 0 Å². The largest absolute Gasteiger partial charge is 0.493 e. The third kappa shape index (κ3) is 13.5. The van der Waals surface area contributed by atoms with Crippen molar-refractivity contribution in [1.82, 2.24) is 0 Å². The number of carbonyl (C=O) groups is 1. The SMILES string of the molecule is CCCCOc1cc(C=CC(=O)c2c(OCCCC)c(OCCCC)cc(OCCCC)c2OCCCC)c(OCCCC)c(OC)c1. The number of hydrogen-bond donors (Lipinski definition) is 0. The van der Waals surface area contributed by atoms with E-state index in [0.29, 0.717) is 91.0 Å². The maximum atomic E-state index is 14.5. The molecule has 2 rings (SSSR count). The van der Waals surface area contributed by atoms with Crippen molar-refractivity contribution >= 4 is 11.9 Å². The van der Waals surface area contributed by atoms with E-state index in [1.807, 2.05) is 18.2 Å². The summed E-state index contributed by atoms with van der Waals surface area (Å²) in [5.41, 5.74) is 0.983. The van der Waals surface area contributed by atoms with E-state index in [9.17, 15) is 4.79 Å². The normalized spacial score (nSPS) is 11.1. The molecule has 48 heavy (non-hydrogen) atoms. The van der Waals surface area contributed by atoms with Crippen molar-refractivity contribution < 1.29 is 38.0 Å². The van der Waals surface area contributed by atoms with E-state index < -0.39 is 0 Å². The fourth-order valence-corrected chi connectivity index (χ4v) is 4.63. The van der Waals surface area contributed by atoms with E-state index >= 15 is 0 Å². The predicted octanol–water partition coefficient (Wildman–Crippen LogP) is 10.7. The number of methoxy groups -OCH3 is 1. The van der Waals surface area contributed by atoms with Crippen molar-refractivity contribution in [3.05, 3.63) is 35.4 Å². The molecule has 2 aromatic rings. The molecular weight excluding hydrogens is 608 g/mol. The Bertz CT molecular complexity index is 1180. The Labute approximate surface area is 290 Å². The van der Waals surface area contributed by atoms with Crippen molar-refractivity contribution in [2.75, 3.05) is 46.8 Å². The molecular formula is C40H62O8. The molecule has 0 fully saturated rings. The maximum Gasteiger partial charge on any atom is 0.193 e. The highest BCUT2D eigenvalue weighted by atomic mass is 16.5. The van der Waals surface area contributed by atoms with Crippen LogP contribution in [0.25, 0.3) is 6.08 Å². The number of unbranched alkanes of at least 4 members (excludes halogenated alkanes) is 6. The number of ether oxygens (including phenoxy) is 7. The van der Waals surface area contributed by atoms with Crippen molar-refractivity contribution in [1.29, 1.82) is 0 Å². The number of benzene rings is 2. The zero-order valence-electron chi connectivity index (χ0n) is 30.9. The molecule has 0 amide bonds. The molecule has 0 bridgehead atoms. The van der Waals surface area contributed by atoms with Crippen LogP contribution in [0.3, 0.4) is 0 Å². The maximum absolute atomic E-state index is 14.5. The predicted molar refractivity (Wildman–Crippen MR) is 195 cm³/mol. The van der Waals surface area contributed by atoms with Gasteiger partial charge in [0.05, 0.1) is 46.8 Å². The molecule has 8 nitrogen and oxygen atoms in total. The van der Waals surface area contributed by atoms with Crippen LogP contribution in [0.5, 0.6) is 40.2 Å². The second kappa shape index (κ2) is 24.6. The van der Waals surface area contributed by atoms with Crippen LogP contribution in [0.15, 0.2) is 24.3 Å². The van der Waals surface area contributed by atoms with E-state index in [0.717, 1.165) is 77.0 Å². The fraction of sp³-hybridized carbons (Fsp3) is 0.625. The van der Waals surface area contributed by atoms with Crippen LogP contribution in [0.1, 0.15) is 135 Å². The molecule has 8 heteroatoms. The highest BCUT2D eigenvalue weighted by molar-refractivity contribution is 6.12. The molecule has 0 saturated heterocycles. The molecule has 0 unspecified atom stereocenters. The Morgan fingerprint density at radius 2 is 0.938 bits per heavy atom. The van der Waals surface area contributed by atoms with Crippen LogP contribution in [0, 0.1) is 0 Å². The molecule has 0 spiro atoms. The Morgan fingerprint density at radius 1 is 0.521 bits per heavy atom. The van der Waals surface area contributed by atoms with Gasteiger partial charge in [-0.2, -0.15) is 0 Å². The van der Waals surface area contributed by atoms with Gasteiger partial charge < -0.3 is 33.2 Å². The number of allylic oxidation sites excluding steroid dienone is 1. The number of rotatable bonds is 28. The first kappa shape index (κ1) is 40.6. The summed E-state index contributed by atoms with van der Waals surface area (Å²) in [5, 5.41) is 0. The molecule has 0 aliphatic rings. The van der Waals surface area contributed by atoms with Gasteiger partial charge in [0.2, 0.25) is 0 Å². The molecule has 0 radical (unpaired) electrons. The average molecular weight is 671 g/mol. The fourth-order valence-electron chi connectivity index (χ4n) is 4.63. The van der Waals surface area contributed by atoms with Crippen molar-refractivity contribution in [2.24, 2.45) is 0 Å². The van der Waals surface area contributed by atoms with Gasteiger partial charge in [-0.25, -0.2) is 0 Å². The average Bonchev–Trinajstić information content (AvgIpc) is 3.09. The Kier molecular flexibility index (Phi) is 20.8. The number of hydrogen-bond acceptors (Lipinski definition) is 8. The second-order valence-electron chi connectivity index (χ2n) is 11.9. The van der Waals surface area contributed by atoms with Crippen LogP contribution in [-0.2, 0) is 0 Å². The third-order valence-corrected chi connectivity index (χ3v) is 7.61. The summed E-state index contributed by atoms with van der Waals surface area (Å²) < 4.78 is 43.2. The van der Waals surface area contributed by atoms with Gasteiger partial charge in [0.1, 0.15) is 11.3 Å². The van der Waals surface area contributed by atoms with E-state index in [4.69, 9.17) is 33.2 Å². The van der Waals surface area contributed by atoms with Gasteiger partial charge in [-0.3, -0.25) is 4.79 Å². The first-order valence-electron chi connectivity index (χ1n) is 18.4. The molecule has 2 aromatic carbocycles. The molecule has 270 valence electrons. The summed E-state index contributed by atoms with van der Waals surface area (Å²) in [6.07, 6.45) is 14.4. The monoisotopic (exact) mass is 670 g/mol. The summed E-state index contributed by atoms with van der Waals surface area (Å²) in [7, 11) is 1.61. The second-order valence-corrected chi connectivity index (χ2v) is 11.9. The summed E-state index contributed by atoms with van der Waals surface area (Å²) in [4.78, 5) is 14.5. The van der Waals surface area contributed by atoms with Gasteiger partial charge in [0, 0.05) is 17.7 Å². The summed E-state index contributed by atoms with van der Waals surface area (Å²) in [6.45, 7) is 15.7. The third-order valence-electron chi connectivity index (χ3n) is 7.61. The summed E-state index contributed by atoms with van der Waals surface area (Å²) in [5.74, 6) is 3.23. The van der Waals surface area contributed by atoms with Crippen molar-refractivity contribution in [3.8, 4) is 40.2 Å². The summed E-state index contributed by atoms with van der Waals surface area (Å²) >= 11 is 0. The van der Waals surface area contributed by atoms with E-state index in [1.54, 1.807) is 13.2 Å². The topological polar surface area (TPSA) is 81.7 Å². The van der Waals surface area contributed by atoms with Gasteiger partial charge in [-0.15, -0.1) is 0 Å². The first-order valence-corrected chi connectivity index (χ1v) is 18.4. The van der Waals surface area contributed by atoms with Crippen LogP contribution in [0.4, 0.5) is 0 Å². The van der Waals surface area contributed by atoms with Crippen LogP contribution >= 0.6 is 0 Å². The van der Waals surface area contributed by atoms with E-state index in [-0.39, 0.29) is 5.78 Å². The lowest BCUT2D eigenvalue weighted by molar-refractivity contribution is 0.103. The Morgan fingerprint density at radius 3 is 1.38 bits per heavy atom. The summed E-state index contributed by atoms with van der Waals surface area (Å²) in [6, 6.07) is 5.56. The lowest BCUT2D eigenvalue weighted by Crippen LogP contribution is -2.12. The molecule has 0 saturated carbocycles. The molecule has 0 aliphatic carbocycles. The van der Waals surface area contributed by atoms with E-state index in [2.05, 4.69) is 41.5 Å². The molecule has 0 atom stereocenters. The zero-order valence-corrected chi connectivity index (χ0v) is 30.9. The van der Waals surface area contributed by atoms with Crippen LogP contribution in [0.2, 0.25) is 0 Å². The molecule has 0 aromatic heterocycles. The smallest absolute Gasteiger partial charge is 0.193 e. The van der Waals surface area contributed by atoms with E-state index in [1.165, 1.54) is 6.08 Å². The minimum atomic E-state index is -0.287.